The number of halogens is 1. The first kappa shape index (κ1) is 20.3. The molecule has 6 nitrogen and oxygen atoms in total. The SMILES string of the molecule is CCNC(=O)[C@@H]1CCCN1[C@@H](C(=O)NC)c1ccc(OC)cc1.Cl. The van der Waals surface area contributed by atoms with Crippen LogP contribution in [-0.4, -0.2) is 50.0 Å². The normalized spacial score (nSPS) is 18.4. The van der Waals surface area contributed by atoms with E-state index in [4.69, 9.17) is 4.74 Å². The summed E-state index contributed by atoms with van der Waals surface area (Å²) in [5.74, 6) is 0.630. The molecule has 1 aliphatic rings. The molecule has 1 aromatic rings. The molecule has 7 heteroatoms. The standard InChI is InChI=1S/C17H25N3O3.ClH/c1-4-19-16(21)14-6-5-11-20(14)15(17(22)18-2)12-7-9-13(23-3)10-8-12;/h7-10,14-15H,4-6,11H2,1-3H3,(H,18,22)(H,19,21);1H/t14-,15+;/m0./s1. The Hall–Kier alpha value is -1.79. The second kappa shape index (κ2) is 9.49. The number of nitrogens with zero attached hydrogens (tertiary/aromatic N) is 1. The number of nitrogens with one attached hydrogen (secondary N) is 2. The summed E-state index contributed by atoms with van der Waals surface area (Å²) >= 11 is 0. The minimum atomic E-state index is -0.471. The maximum Gasteiger partial charge on any atom is 0.241 e. The van der Waals surface area contributed by atoms with Crippen molar-refractivity contribution in [1.82, 2.24) is 15.5 Å². The number of likely N-dealkylation sites (tertiary alicyclic amines) is 1. The van der Waals surface area contributed by atoms with Gasteiger partial charge in [-0.1, -0.05) is 12.1 Å². The third-order valence-corrected chi connectivity index (χ3v) is 4.21. The summed E-state index contributed by atoms with van der Waals surface area (Å²) in [7, 11) is 3.23. The molecule has 0 bridgehead atoms. The predicted octanol–water partition coefficient (Wildman–Crippen LogP) is 1.50. The lowest BCUT2D eigenvalue weighted by molar-refractivity contribution is -0.131. The number of carbonyl (C=O) groups excluding carboxylic acids is 2. The third-order valence-electron chi connectivity index (χ3n) is 4.21. The van der Waals surface area contributed by atoms with Gasteiger partial charge in [-0.15, -0.1) is 12.4 Å². The van der Waals surface area contributed by atoms with Crippen LogP contribution in [0.4, 0.5) is 0 Å². The molecule has 0 radical (unpaired) electrons. The van der Waals surface area contributed by atoms with Gasteiger partial charge in [0, 0.05) is 20.1 Å². The number of benzene rings is 1. The maximum atomic E-state index is 12.5. The summed E-state index contributed by atoms with van der Waals surface area (Å²) < 4.78 is 5.17. The van der Waals surface area contributed by atoms with Crippen molar-refractivity contribution in [3.8, 4) is 5.75 Å². The highest BCUT2D eigenvalue weighted by Gasteiger charge is 2.38. The van der Waals surface area contributed by atoms with Crippen molar-refractivity contribution in [3.05, 3.63) is 29.8 Å². The fourth-order valence-corrected chi connectivity index (χ4v) is 3.09. The number of amides is 2. The average molecular weight is 356 g/mol. The zero-order valence-corrected chi connectivity index (χ0v) is 15.2. The number of likely N-dealkylation sites (N-methyl/N-ethyl adjacent to an activating group) is 2. The van der Waals surface area contributed by atoms with E-state index < -0.39 is 6.04 Å². The largest absolute Gasteiger partial charge is 0.497 e. The lowest BCUT2D eigenvalue weighted by Crippen LogP contribution is -2.48. The molecule has 1 fully saturated rings. The molecule has 0 spiro atoms. The van der Waals surface area contributed by atoms with Crippen molar-refractivity contribution in [3.63, 3.8) is 0 Å². The smallest absolute Gasteiger partial charge is 0.241 e. The summed E-state index contributed by atoms with van der Waals surface area (Å²) in [6, 6.07) is 6.70. The summed E-state index contributed by atoms with van der Waals surface area (Å²) in [5.41, 5.74) is 0.862. The monoisotopic (exact) mass is 355 g/mol. The van der Waals surface area contributed by atoms with Crippen LogP contribution < -0.4 is 15.4 Å². The lowest BCUT2D eigenvalue weighted by atomic mass is 10.0. The molecule has 1 aliphatic heterocycles. The molecule has 0 saturated carbocycles. The van der Waals surface area contributed by atoms with Gasteiger partial charge in [0.2, 0.25) is 11.8 Å². The number of rotatable bonds is 6. The second-order valence-corrected chi connectivity index (χ2v) is 5.58. The average Bonchev–Trinajstić information content (AvgIpc) is 3.05. The molecular formula is C17H26ClN3O3. The van der Waals surface area contributed by atoms with Gasteiger partial charge in [0.15, 0.2) is 0 Å². The fraction of sp³-hybridized carbons (Fsp3) is 0.529. The van der Waals surface area contributed by atoms with Crippen LogP contribution >= 0.6 is 12.4 Å². The van der Waals surface area contributed by atoms with Gasteiger partial charge in [0.1, 0.15) is 11.8 Å². The van der Waals surface area contributed by atoms with E-state index >= 15 is 0 Å². The van der Waals surface area contributed by atoms with Crippen molar-refractivity contribution in [1.29, 1.82) is 0 Å². The number of hydrogen-bond donors (Lipinski definition) is 2. The van der Waals surface area contributed by atoms with Gasteiger partial charge in [-0.25, -0.2) is 0 Å². The Balaban J connectivity index is 0.00000288. The van der Waals surface area contributed by atoms with Gasteiger partial charge in [-0.3, -0.25) is 14.5 Å². The highest BCUT2D eigenvalue weighted by atomic mass is 35.5. The molecule has 24 heavy (non-hydrogen) atoms. The summed E-state index contributed by atoms with van der Waals surface area (Å²) in [6.07, 6.45) is 1.68. The quantitative estimate of drug-likeness (QED) is 0.811. The Kier molecular flexibility index (Phi) is 8.01. The lowest BCUT2D eigenvalue weighted by Gasteiger charge is -2.31. The van der Waals surface area contributed by atoms with E-state index in [0.29, 0.717) is 6.54 Å². The molecule has 2 atom stereocenters. The van der Waals surface area contributed by atoms with Crippen molar-refractivity contribution in [2.45, 2.75) is 31.8 Å². The minimum Gasteiger partial charge on any atom is -0.497 e. The van der Waals surface area contributed by atoms with Crippen LogP contribution in [-0.2, 0) is 9.59 Å². The van der Waals surface area contributed by atoms with Gasteiger partial charge in [-0.05, 0) is 37.5 Å². The Morgan fingerprint density at radius 1 is 1.33 bits per heavy atom. The number of carbonyl (C=O) groups is 2. The first-order valence-electron chi connectivity index (χ1n) is 8.01. The Morgan fingerprint density at radius 2 is 2.00 bits per heavy atom. The van der Waals surface area contributed by atoms with E-state index in [0.717, 1.165) is 30.7 Å². The van der Waals surface area contributed by atoms with Crippen LogP contribution in [0.15, 0.2) is 24.3 Å². The first-order valence-corrected chi connectivity index (χ1v) is 8.01. The number of ether oxygens (including phenoxy) is 1. The van der Waals surface area contributed by atoms with E-state index in [1.54, 1.807) is 14.2 Å². The Labute approximate surface area is 149 Å². The van der Waals surface area contributed by atoms with E-state index in [1.807, 2.05) is 36.1 Å². The van der Waals surface area contributed by atoms with Crippen LogP contribution in [0.1, 0.15) is 31.4 Å². The van der Waals surface area contributed by atoms with Crippen LogP contribution in [0.2, 0.25) is 0 Å². The van der Waals surface area contributed by atoms with Gasteiger partial charge >= 0.3 is 0 Å². The highest BCUT2D eigenvalue weighted by Crippen LogP contribution is 2.30. The van der Waals surface area contributed by atoms with Crippen LogP contribution in [0.5, 0.6) is 5.75 Å². The van der Waals surface area contributed by atoms with Crippen LogP contribution in [0.3, 0.4) is 0 Å². The second-order valence-electron chi connectivity index (χ2n) is 5.58. The molecule has 0 unspecified atom stereocenters. The van der Waals surface area contributed by atoms with E-state index in [-0.39, 0.29) is 30.3 Å². The molecular weight excluding hydrogens is 330 g/mol. The Bertz CT molecular complexity index is 551. The van der Waals surface area contributed by atoms with Gasteiger partial charge in [0.05, 0.1) is 13.2 Å². The van der Waals surface area contributed by atoms with Crippen LogP contribution in [0, 0.1) is 0 Å². The fourth-order valence-electron chi connectivity index (χ4n) is 3.09. The topological polar surface area (TPSA) is 70.7 Å². The van der Waals surface area contributed by atoms with Crippen molar-refractivity contribution in [2.75, 3.05) is 27.2 Å². The van der Waals surface area contributed by atoms with Gasteiger partial charge in [0.25, 0.3) is 0 Å². The molecule has 2 N–H and O–H groups in total. The summed E-state index contributed by atoms with van der Waals surface area (Å²) in [4.78, 5) is 26.8. The molecule has 1 aromatic carbocycles. The zero-order valence-electron chi connectivity index (χ0n) is 14.4. The molecule has 1 saturated heterocycles. The highest BCUT2D eigenvalue weighted by molar-refractivity contribution is 5.86. The van der Waals surface area contributed by atoms with E-state index in [9.17, 15) is 9.59 Å². The minimum absolute atomic E-state index is 0. The van der Waals surface area contributed by atoms with Gasteiger partial charge in [-0.2, -0.15) is 0 Å². The van der Waals surface area contributed by atoms with Crippen molar-refractivity contribution >= 4 is 24.2 Å². The summed E-state index contributed by atoms with van der Waals surface area (Å²) in [6.45, 7) is 3.22. The van der Waals surface area contributed by atoms with E-state index in [2.05, 4.69) is 10.6 Å². The molecule has 134 valence electrons. The number of methoxy groups -OCH3 is 1. The Morgan fingerprint density at radius 3 is 2.54 bits per heavy atom. The molecule has 0 aliphatic carbocycles. The number of hydrogen-bond acceptors (Lipinski definition) is 4. The van der Waals surface area contributed by atoms with Crippen LogP contribution in [0.25, 0.3) is 0 Å². The van der Waals surface area contributed by atoms with Crippen molar-refractivity contribution in [2.24, 2.45) is 0 Å². The molecule has 2 rings (SSSR count). The first-order chi connectivity index (χ1) is 11.1. The van der Waals surface area contributed by atoms with E-state index in [1.165, 1.54) is 0 Å². The molecule has 2 amide bonds. The molecule has 1 heterocycles. The molecule has 0 aromatic heterocycles. The third kappa shape index (κ3) is 4.39. The summed E-state index contributed by atoms with van der Waals surface area (Å²) in [5, 5.41) is 5.58. The van der Waals surface area contributed by atoms with Gasteiger partial charge < -0.3 is 15.4 Å². The predicted molar refractivity (Wildman–Crippen MR) is 95.5 cm³/mol. The maximum absolute atomic E-state index is 12.5. The van der Waals surface area contributed by atoms with Crippen molar-refractivity contribution < 1.29 is 14.3 Å². The zero-order chi connectivity index (χ0) is 16.8.